The molecule has 0 amide bonds. The number of aryl methyl sites for hydroxylation is 1. The lowest BCUT2D eigenvalue weighted by Crippen LogP contribution is -2.15. The fraction of sp³-hybridized carbons (Fsp3) is 0.214. The minimum Gasteiger partial charge on any atom is -0.508 e. The second-order valence-electron chi connectivity index (χ2n) is 4.78. The molecule has 2 rings (SSSR count). The summed E-state index contributed by atoms with van der Waals surface area (Å²) in [5.74, 6) is -0.168. The van der Waals surface area contributed by atoms with E-state index in [0.717, 1.165) is 5.56 Å². The molecule has 0 saturated carbocycles. The molecule has 0 bridgehead atoms. The summed E-state index contributed by atoms with van der Waals surface area (Å²) in [6.45, 7) is 0. The van der Waals surface area contributed by atoms with Gasteiger partial charge in [-0.3, -0.25) is 0 Å². The molecule has 0 aliphatic heterocycles. The van der Waals surface area contributed by atoms with Gasteiger partial charge < -0.3 is 20.0 Å². The number of aliphatic hydroxyl groups is 1. The quantitative estimate of drug-likeness (QED) is 0.639. The average molecular weight is 309 g/mol. The summed E-state index contributed by atoms with van der Waals surface area (Å²) in [4.78, 5) is 17.9. The van der Waals surface area contributed by atoms with E-state index >= 15 is 0 Å². The summed E-state index contributed by atoms with van der Waals surface area (Å²) in [5, 5.41) is 18.6. The van der Waals surface area contributed by atoms with Crippen LogP contribution in [0.15, 0.2) is 53.0 Å². The lowest BCUT2D eigenvalue weighted by atomic mass is 9.91. The van der Waals surface area contributed by atoms with Gasteiger partial charge in [0.25, 0.3) is 0 Å². The predicted octanol–water partition coefficient (Wildman–Crippen LogP) is 2.49. The van der Waals surface area contributed by atoms with E-state index in [-0.39, 0.29) is 23.1 Å². The molecule has 1 aliphatic carbocycles. The van der Waals surface area contributed by atoms with Crippen molar-refractivity contribution in [3.63, 3.8) is 0 Å². The molecule has 1 aromatic carbocycles. The second-order valence-corrected chi connectivity index (χ2v) is 6.00. The number of phenolic OH excluding ortho intramolecular Hbond substituents is 1. The first-order valence-corrected chi connectivity index (χ1v) is 7.92. The molecule has 112 valence electrons. The lowest BCUT2D eigenvalue weighted by Gasteiger charge is -2.17. The van der Waals surface area contributed by atoms with Crippen LogP contribution in [0.3, 0.4) is 0 Å². The highest BCUT2D eigenvalue weighted by atomic mass is 31.2. The Hall–Kier alpha value is -1.88. The number of nitrogens with zero attached hydrogens (tertiary/aromatic N) is 1. The van der Waals surface area contributed by atoms with E-state index < -0.39 is 7.75 Å². The fourth-order valence-corrected chi connectivity index (χ4v) is 2.61. The molecule has 1 unspecified atom stereocenters. The molecule has 4 N–H and O–H groups in total. The van der Waals surface area contributed by atoms with E-state index in [9.17, 15) is 14.8 Å². The molecule has 21 heavy (non-hydrogen) atoms. The third kappa shape index (κ3) is 4.86. The van der Waals surface area contributed by atoms with Gasteiger partial charge in [0.1, 0.15) is 11.5 Å². The zero-order chi connectivity index (χ0) is 15.5. The summed E-state index contributed by atoms with van der Waals surface area (Å²) in [6, 6.07) is 6.74. The number of phenols is 1. The van der Waals surface area contributed by atoms with Gasteiger partial charge in [-0.1, -0.05) is 18.2 Å². The van der Waals surface area contributed by atoms with Crippen molar-refractivity contribution in [2.75, 3.05) is 0 Å². The first-order chi connectivity index (χ1) is 9.83. The van der Waals surface area contributed by atoms with Crippen LogP contribution in [0.4, 0.5) is 0 Å². The third-order valence-corrected chi connectivity index (χ3v) is 3.59. The van der Waals surface area contributed by atoms with E-state index in [1.807, 2.05) is 0 Å². The lowest BCUT2D eigenvalue weighted by molar-refractivity contribution is 0.375. The van der Waals surface area contributed by atoms with Crippen LogP contribution < -0.4 is 0 Å². The molecule has 1 aliphatic rings. The number of allylic oxidation sites excluding steroid dienone is 3. The highest BCUT2D eigenvalue weighted by Crippen LogP contribution is 2.38. The van der Waals surface area contributed by atoms with Crippen LogP contribution in [0.2, 0.25) is 0 Å². The number of benzene rings is 1. The number of hydrogen-bond acceptors (Lipinski definition) is 3. The zero-order valence-corrected chi connectivity index (χ0v) is 12.0. The average Bonchev–Trinajstić information content (AvgIpc) is 2.38. The molecule has 0 heterocycles. The maximum absolute atomic E-state index is 11.0. The first kappa shape index (κ1) is 15.5. The van der Waals surface area contributed by atoms with Crippen LogP contribution in [0, 0.1) is 5.92 Å². The van der Waals surface area contributed by atoms with Crippen LogP contribution in [0.5, 0.6) is 5.75 Å². The van der Waals surface area contributed by atoms with E-state index in [1.54, 1.807) is 30.3 Å². The second kappa shape index (κ2) is 6.26. The van der Waals surface area contributed by atoms with Crippen LogP contribution in [-0.2, 0) is 11.0 Å². The van der Waals surface area contributed by atoms with E-state index in [1.165, 1.54) is 12.2 Å². The topological polar surface area (TPSA) is 110 Å². The van der Waals surface area contributed by atoms with Crippen molar-refractivity contribution in [2.45, 2.75) is 12.8 Å². The van der Waals surface area contributed by atoms with Crippen molar-refractivity contribution in [1.29, 1.82) is 0 Å². The molecule has 0 spiro atoms. The van der Waals surface area contributed by atoms with Gasteiger partial charge in [0.05, 0.1) is 5.71 Å². The van der Waals surface area contributed by atoms with Crippen LogP contribution in [0.1, 0.15) is 12.0 Å². The van der Waals surface area contributed by atoms with E-state index in [4.69, 9.17) is 9.79 Å². The Kier molecular flexibility index (Phi) is 4.63. The molecule has 6 nitrogen and oxygen atoms in total. The van der Waals surface area contributed by atoms with Gasteiger partial charge in [-0.25, -0.2) is 4.57 Å². The number of aromatic hydroxyl groups is 1. The predicted molar refractivity (Wildman–Crippen MR) is 79.2 cm³/mol. The minimum absolute atomic E-state index is 0.0805. The molecule has 0 fully saturated rings. The minimum atomic E-state index is -4.53. The number of aliphatic hydroxyl groups excluding tert-OH is 1. The number of rotatable bonds is 4. The Morgan fingerprint density at radius 3 is 2.43 bits per heavy atom. The normalized spacial score (nSPS) is 20.6. The summed E-state index contributed by atoms with van der Waals surface area (Å²) >= 11 is 0. The molecular weight excluding hydrogens is 293 g/mol. The molecule has 0 saturated heterocycles. The Labute approximate surface area is 122 Å². The van der Waals surface area contributed by atoms with Crippen LogP contribution in [-0.4, -0.2) is 25.7 Å². The molecule has 0 radical (unpaired) electrons. The van der Waals surface area contributed by atoms with Gasteiger partial charge in [0.15, 0.2) is 0 Å². The largest absolute Gasteiger partial charge is 0.508 e. The van der Waals surface area contributed by atoms with Crippen molar-refractivity contribution < 1.29 is 24.6 Å². The Morgan fingerprint density at radius 2 is 1.81 bits per heavy atom. The fourth-order valence-electron chi connectivity index (χ4n) is 2.10. The molecular formula is C14H16NO5P. The van der Waals surface area contributed by atoms with Gasteiger partial charge in [-0.2, -0.15) is 4.76 Å². The Morgan fingerprint density at radius 1 is 1.14 bits per heavy atom. The molecule has 1 aromatic rings. The highest BCUT2D eigenvalue weighted by molar-refractivity contribution is 7.50. The first-order valence-electron chi connectivity index (χ1n) is 6.36. The van der Waals surface area contributed by atoms with E-state index in [0.29, 0.717) is 12.8 Å². The maximum atomic E-state index is 11.0. The van der Waals surface area contributed by atoms with E-state index in [2.05, 4.69) is 4.76 Å². The van der Waals surface area contributed by atoms with Crippen molar-refractivity contribution in [2.24, 2.45) is 10.7 Å². The van der Waals surface area contributed by atoms with Gasteiger partial charge in [-0.05, 0) is 36.6 Å². The maximum Gasteiger partial charge on any atom is 0.448 e. The van der Waals surface area contributed by atoms with Gasteiger partial charge in [0, 0.05) is 12.0 Å². The Balaban J connectivity index is 2.10. The van der Waals surface area contributed by atoms with Crippen LogP contribution >= 0.6 is 7.75 Å². The zero-order valence-electron chi connectivity index (χ0n) is 11.1. The standard InChI is InChI=1S/C14H16NO5P/c16-12-6-2-10(3-7-12)1-4-11-5-8-13(17)9-14(11)15-21(18,19)20/h2-3,5-9,11,16-17H,1,4H2,(H2,18,19,20). The Bertz CT molecular complexity index is 642. The van der Waals surface area contributed by atoms with Crippen molar-refractivity contribution in [3.05, 3.63) is 53.8 Å². The summed E-state index contributed by atoms with van der Waals surface area (Å²) in [5.41, 5.74) is 1.16. The molecule has 0 aromatic heterocycles. The molecule has 1 atom stereocenters. The third-order valence-electron chi connectivity index (χ3n) is 3.10. The van der Waals surface area contributed by atoms with Gasteiger partial charge >= 0.3 is 7.75 Å². The summed E-state index contributed by atoms with van der Waals surface area (Å²) < 4.78 is 14.4. The number of hydrogen-bond donors (Lipinski definition) is 4. The van der Waals surface area contributed by atoms with Gasteiger partial charge in [0.2, 0.25) is 0 Å². The monoisotopic (exact) mass is 309 g/mol. The SMILES string of the molecule is O=P(O)(O)N=C1C=C(O)C=CC1CCc1ccc(O)cc1. The van der Waals surface area contributed by atoms with Crippen molar-refractivity contribution in [1.82, 2.24) is 0 Å². The summed E-state index contributed by atoms with van der Waals surface area (Å²) in [7, 11) is -4.53. The van der Waals surface area contributed by atoms with Gasteiger partial charge in [-0.15, -0.1) is 0 Å². The van der Waals surface area contributed by atoms with Crippen molar-refractivity contribution >= 4 is 13.5 Å². The van der Waals surface area contributed by atoms with Crippen molar-refractivity contribution in [3.8, 4) is 5.75 Å². The molecule has 7 heteroatoms. The highest BCUT2D eigenvalue weighted by Gasteiger charge is 2.20. The summed E-state index contributed by atoms with van der Waals surface area (Å²) in [6.07, 6.45) is 5.67. The van der Waals surface area contributed by atoms with Crippen LogP contribution in [0.25, 0.3) is 0 Å². The smallest absolute Gasteiger partial charge is 0.448 e.